The Morgan fingerprint density at radius 3 is 2.95 bits per heavy atom. The normalized spacial score (nSPS) is 19.0. The Morgan fingerprint density at radius 2 is 2.29 bits per heavy atom. The van der Waals surface area contributed by atoms with Gasteiger partial charge in [0, 0.05) is 19.2 Å². The molecule has 0 radical (unpaired) electrons. The van der Waals surface area contributed by atoms with Gasteiger partial charge in [0.15, 0.2) is 5.76 Å². The predicted octanol–water partition coefficient (Wildman–Crippen LogP) is 2.96. The van der Waals surface area contributed by atoms with E-state index in [9.17, 15) is 4.79 Å². The van der Waals surface area contributed by atoms with E-state index in [2.05, 4.69) is 13.8 Å². The van der Waals surface area contributed by atoms with Crippen molar-refractivity contribution in [3.05, 3.63) is 17.9 Å². The first kappa shape index (κ1) is 15.9. The van der Waals surface area contributed by atoms with Crippen LogP contribution >= 0.6 is 0 Å². The van der Waals surface area contributed by atoms with E-state index in [-0.39, 0.29) is 12.0 Å². The maximum absolute atomic E-state index is 12.4. The zero-order valence-electron chi connectivity index (χ0n) is 13.1. The highest BCUT2D eigenvalue weighted by Crippen LogP contribution is 2.20. The van der Waals surface area contributed by atoms with E-state index in [1.165, 1.54) is 13.5 Å². The first-order valence-corrected chi connectivity index (χ1v) is 7.65. The molecule has 0 aromatic carbocycles. The molecule has 1 aliphatic rings. The molecule has 1 amide bonds. The lowest BCUT2D eigenvalue weighted by molar-refractivity contribution is -0.0269. The lowest BCUT2D eigenvalue weighted by atomic mass is 10.0. The minimum Gasteiger partial charge on any atom is -0.468 e. The molecule has 0 spiro atoms. The molecular formula is C16H25NO4. The molecule has 0 N–H and O–H groups in total. The average Bonchev–Trinajstić information content (AvgIpc) is 2.95. The van der Waals surface area contributed by atoms with Crippen molar-refractivity contribution < 1.29 is 18.7 Å². The highest BCUT2D eigenvalue weighted by Gasteiger charge is 2.26. The van der Waals surface area contributed by atoms with Crippen LogP contribution in [0.15, 0.2) is 16.5 Å². The molecule has 0 aliphatic carbocycles. The van der Waals surface area contributed by atoms with Gasteiger partial charge in [0.1, 0.15) is 0 Å². The zero-order chi connectivity index (χ0) is 15.2. The number of morpholine rings is 1. The lowest BCUT2D eigenvalue weighted by Crippen LogP contribution is -2.45. The molecule has 0 bridgehead atoms. The summed E-state index contributed by atoms with van der Waals surface area (Å²) in [6, 6.07) is 3.32. The Balaban J connectivity index is 1.86. The average molecular weight is 295 g/mol. The Kier molecular flexibility index (Phi) is 5.67. The fourth-order valence-electron chi connectivity index (χ4n) is 2.53. The summed E-state index contributed by atoms with van der Waals surface area (Å²) in [7, 11) is 1.52. The van der Waals surface area contributed by atoms with Crippen LogP contribution in [0.3, 0.4) is 0 Å². The largest absolute Gasteiger partial charge is 0.468 e. The quantitative estimate of drug-likeness (QED) is 0.809. The van der Waals surface area contributed by atoms with E-state index < -0.39 is 0 Å². The van der Waals surface area contributed by atoms with Crippen molar-refractivity contribution in [1.82, 2.24) is 4.90 Å². The molecular weight excluding hydrogens is 270 g/mol. The van der Waals surface area contributed by atoms with Crippen LogP contribution in [0.1, 0.15) is 43.7 Å². The van der Waals surface area contributed by atoms with Gasteiger partial charge in [-0.25, -0.2) is 0 Å². The summed E-state index contributed by atoms with van der Waals surface area (Å²) in [5, 5.41) is 0. The molecule has 21 heavy (non-hydrogen) atoms. The van der Waals surface area contributed by atoms with Gasteiger partial charge in [0.05, 0.1) is 19.8 Å². The van der Waals surface area contributed by atoms with Crippen LogP contribution in [0.4, 0.5) is 0 Å². The summed E-state index contributed by atoms with van der Waals surface area (Å²) in [5.74, 6) is 1.31. The molecule has 1 fully saturated rings. The van der Waals surface area contributed by atoms with Crippen molar-refractivity contribution >= 4 is 5.91 Å². The van der Waals surface area contributed by atoms with Gasteiger partial charge in [-0.15, -0.1) is 0 Å². The van der Waals surface area contributed by atoms with Gasteiger partial charge in [-0.05, 0) is 18.4 Å². The van der Waals surface area contributed by atoms with Gasteiger partial charge in [-0.1, -0.05) is 26.7 Å². The van der Waals surface area contributed by atoms with Gasteiger partial charge in [0.2, 0.25) is 0 Å². The van der Waals surface area contributed by atoms with Crippen molar-refractivity contribution in [3.8, 4) is 5.95 Å². The Bertz CT molecular complexity index is 455. The second kappa shape index (κ2) is 7.50. The highest BCUT2D eigenvalue weighted by molar-refractivity contribution is 5.91. The monoisotopic (exact) mass is 295 g/mol. The number of hydrogen-bond acceptors (Lipinski definition) is 4. The third-order valence-electron chi connectivity index (χ3n) is 3.73. The van der Waals surface area contributed by atoms with Crippen LogP contribution < -0.4 is 4.74 Å². The van der Waals surface area contributed by atoms with Gasteiger partial charge >= 0.3 is 0 Å². The number of nitrogens with zero attached hydrogens (tertiary/aromatic N) is 1. The van der Waals surface area contributed by atoms with Crippen molar-refractivity contribution in [2.45, 2.75) is 39.2 Å². The van der Waals surface area contributed by atoms with Gasteiger partial charge in [-0.3, -0.25) is 4.79 Å². The van der Waals surface area contributed by atoms with Crippen LogP contribution in [0.5, 0.6) is 5.95 Å². The molecule has 5 heteroatoms. The maximum Gasteiger partial charge on any atom is 0.289 e. The summed E-state index contributed by atoms with van der Waals surface area (Å²) >= 11 is 0. The lowest BCUT2D eigenvalue weighted by Gasteiger charge is -2.32. The Morgan fingerprint density at radius 1 is 1.48 bits per heavy atom. The Hall–Kier alpha value is -1.49. The van der Waals surface area contributed by atoms with E-state index in [0.29, 0.717) is 37.3 Å². The van der Waals surface area contributed by atoms with E-state index in [0.717, 1.165) is 12.8 Å². The summed E-state index contributed by atoms with van der Waals surface area (Å²) in [4.78, 5) is 14.2. The molecule has 1 atom stereocenters. The number of amides is 1. The van der Waals surface area contributed by atoms with Gasteiger partial charge in [-0.2, -0.15) is 0 Å². The number of hydrogen-bond donors (Lipinski definition) is 0. The third-order valence-corrected chi connectivity index (χ3v) is 3.73. The van der Waals surface area contributed by atoms with Crippen LogP contribution in [-0.2, 0) is 4.74 Å². The smallest absolute Gasteiger partial charge is 0.289 e. The van der Waals surface area contributed by atoms with Crippen LogP contribution in [0.2, 0.25) is 0 Å². The summed E-state index contributed by atoms with van der Waals surface area (Å²) in [6.07, 6.45) is 3.48. The third kappa shape index (κ3) is 4.49. The minimum atomic E-state index is -0.0875. The fraction of sp³-hybridized carbons (Fsp3) is 0.688. The van der Waals surface area contributed by atoms with Gasteiger partial charge in [0.25, 0.3) is 11.9 Å². The number of methoxy groups -OCH3 is 1. The molecule has 1 saturated heterocycles. The number of ether oxygens (including phenoxy) is 2. The number of carbonyl (C=O) groups excluding carboxylic acids is 1. The minimum absolute atomic E-state index is 0.0875. The van der Waals surface area contributed by atoms with E-state index in [4.69, 9.17) is 13.9 Å². The van der Waals surface area contributed by atoms with Crippen molar-refractivity contribution in [3.63, 3.8) is 0 Å². The Labute approximate surface area is 126 Å². The second-order valence-electron chi connectivity index (χ2n) is 5.89. The SMILES string of the molecule is COc1ccc(C(=O)N2CCO[C@@H](CCCC(C)C)C2)o1. The molecule has 2 rings (SSSR count). The van der Waals surface area contributed by atoms with Crippen molar-refractivity contribution in [1.29, 1.82) is 0 Å². The number of furan rings is 1. The predicted molar refractivity (Wildman–Crippen MR) is 79.6 cm³/mol. The fourth-order valence-corrected chi connectivity index (χ4v) is 2.53. The van der Waals surface area contributed by atoms with Crippen LogP contribution in [0.25, 0.3) is 0 Å². The first-order chi connectivity index (χ1) is 10.1. The molecule has 1 aliphatic heterocycles. The highest BCUT2D eigenvalue weighted by atomic mass is 16.6. The summed E-state index contributed by atoms with van der Waals surface area (Å²) in [6.45, 7) is 6.29. The molecule has 2 heterocycles. The van der Waals surface area contributed by atoms with E-state index in [1.54, 1.807) is 12.1 Å². The van der Waals surface area contributed by atoms with Crippen LogP contribution in [-0.4, -0.2) is 43.7 Å². The molecule has 5 nitrogen and oxygen atoms in total. The van der Waals surface area contributed by atoms with Gasteiger partial charge < -0.3 is 18.8 Å². The molecule has 118 valence electrons. The zero-order valence-corrected chi connectivity index (χ0v) is 13.1. The molecule has 0 saturated carbocycles. The molecule has 1 aromatic heterocycles. The van der Waals surface area contributed by atoms with E-state index in [1.807, 2.05) is 4.90 Å². The first-order valence-electron chi connectivity index (χ1n) is 7.65. The summed E-state index contributed by atoms with van der Waals surface area (Å²) < 4.78 is 16.1. The second-order valence-corrected chi connectivity index (χ2v) is 5.89. The van der Waals surface area contributed by atoms with Crippen LogP contribution in [0, 0.1) is 5.92 Å². The van der Waals surface area contributed by atoms with Crippen molar-refractivity contribution in [2.24, 2.45) is 5.92 Å². The topological polar surface area (TPSA) is 51.9 Å². The number of carbonyl (C=O) groups is 1. The molecule has 1 aromatic rings. The molecule has 0 unspecified atom stereocenters. The van der Waals surface area contributed by atoms with Crippen molar-refractivity contribution in [2.75, 3.05) is 26.8 Å². The van der Waals surface area contributed by atoms with E-state index >= 15 is 0 Å². The standard InChI is InChI=1S/C16H25NO4/c1-12(2)5-4-6-13-11-17(9-10-20-13)16(18)14-7-8-15(19-3)21-14/h7-8,12-13H,4-6,9-11H2,1-3H3/t13-/m0/s1. The number of rotatable bonds is 6. The maximum atomic E-state index is 12.4. The summed E-state index contributed by atoms with van der Waals surface area (Å²) in [5.41, 5.74) is 0.